The zero-order chi connectivity index (χ0) is 22.7. The number of nitrogens with zero attached hydrogens (tertiary/aromatic N) is 3. The Kier molecular flexibility index (Phi) is 7.30. The van der Waals surface area contributed by atoms with E-state index in [0.717, 1.165) is 53.8 Å². The van der Waals surface area contributed by atoms with E-state index in [2.05, 4.69) is 15.2 Å². The quantitative estimate of drug-likeness (QED) is 0.418. The van der Waals surface area contributed by atoms with Gasteiger partial charge in [-0.2, -0.15) is 0 Å². The van der Waals surface area contributed by atoms with Crippen molar-refractivity contribution < 1.29 is 9.53 Å². The maximum absolute atomic E-state index is 12.9. The standard InChI is InChI=1S/C23H28N4O3S2/c1-4-27-22(29)20-15(2)16(3)32-21(20)25-23(27)31-14-19(28)24-18-7-5-17(6-8-18)13-26-9-11-30-12-10-26/h5-8H,4,9-14H2,1-3H3,(H,24,28). The zero-order valence-corrected chi connectivity index (χ0v) is 20.3. The van der Waals surface area contributed by atoms with Crippen LogP contribution < -0.4 is 10.9 Å². The average Bonchev–Trinajstić information content (AvgIpc) is 3.08. The number of carbonyl (C=O) groups excluding carboxylic acids is 1. The fraction of sp³-hybridized carbons (Fsp3) is 0.435. The van der Waals surface area contributed by atoms with E-state index >= 15 is 0 Å². The van der Waals surface area contributed by atoms with Crippen LogP contribution in [0, 0.1) is 13.8 Å². The van der Waals surface area contributed by atoms with Gasteiger partial charge >= 0.3 is 0 Å². The van der Waals surface area contributed by atoms with E-state index in [0.29, 0.717) is 17.1 Å². The molecule has 0 atom stereocenters. The third-order valence-electron chi connectivity index (χ3n) is 5.65. The van der Waals surface area contributed by atoms with E-state index in [4.69, 9.17) is 4.74 Å². The molecule has 1 N–H and O–H groups in total. The monoisotopic (exact) mass is 472 g/mol. The topological polar surface area (TPSA) is 76.5 Å². The van der Waals surface area contributed by atoms with Crippen molar-refractivity contribution >= 4 is 44.9 Å². The van der Waals surface area contributed by atoms with Crippen LogP contribution >= 0.6 is 23.1 Å². The number of amides is 1. The molecular formula is C23H28N4O3S2. The number of aryl methyl sites for hydroxylation is 2. The summed E-state index contributed by atoms with van der Waals surface area (Å²) in [6, 6.07) is 7.96. The molecule has 1 aliphatic rings. The average molecular weight is 473 g/mol. The summed E-state index contributed by atoms with van der Waals surface area (Å²) < 4.78 is 7.04. The normalized spacial score (nSPS) is 14.7. The van der Waals surface area contributed by atoms with E-state index in [-0.39, 0.29) is 17.2 Å². The van der Waals surface area contributed by atoms with Crippen LogP contribution in [0.4, 0.5) is 5.69 Å². The first-order valence-electron chi connectivity index (χ1n) is 10.8. The van der Waals surface area contributed by atoms with E-state index < -0.39 is 0 Å². The van der Waals surface area contributed by atoms with Crippen molar-refractivity contribution in [1.29, 1.82) is 0 Å². The molecular weight excluding hydrogens is 444 g/mol. The number of thiophene rings is 1. The lowest BCUT2D eigenvalue weighted by Gasteiger charge is -2.26. The number of nitrogens with one attached hydrogen (secondary N) is 1. The van der Waals surface area contributed by atoms with Crippen LogP contribution in [0.5, 0.6) is 0 Å². The first-order valence-corrected chi connectivity index (χ1v) is 12.6. The van der Waals surface area contributed by atoms with Gasteiger partial charge in [0.05, 0.1) is 24.4 Å². The summed E-state index contributed by atoms with van der Waals surface area (Å²) in [6.45, 7) is 10.8. The van der Waals surface area contributed by atoms with Gasteiger partial charge in [0.1, 0.15) is 4.83 Å². The van der Waals surface area contributed by atoms with Gasteiger partial charge in [0.15, 0.2) is 5.16 Å². The van der Waals surface area contributed by atoms with Gasteiger partial charge in [-0.05, 0) is 44.0 Å². The maximum Gasteiger partial charge on any atom is 0.263 e. The van der Waals surface area contributed by atoms with Gasteiger partial charge in [-0.1, -0.05) is 23.9 Å². The SMILES string of the molecule is CCn1c(SCC(=O)Nc2ccc(CN3CCOCC3)cc2)nc2sc(C)c(C)c2c1=O. The minimum absolute atomic E-state index is 0.0295. The number of thioether (sulfide) groups is 1. The van der Waals surface area contributed by atoms with Gasteiger partial charge < -0.3 is 10.1 Å². The lowest BCUT2D eigenvalue weighted by Crippen LogP contribution is -2.35. The van der Waals surface area contributed by atoms with Crippen molar-refractivity contribution in [2.24, 2.45) is 0 Å². The van der Waals surface area contributed by atoms with Crippen molar-refractivity contribution in [2.45, 2.75) is 39.0 Å². The summed E-state index contributed by atoms with van der Waals surface area (Å²) in [4.78, 5) is 34.4. The predicted molar refractivity (Wildman–Crippen MR) is 131 cm³/mol. The minimum atomic E-state index is -0.119. The summed E-state index contributed by atoms with van der Waals surface area (Å²) in [5.74, 6) is 0.0723. The predicted octanol–water partition coefficient (Wildman–Crippen LogP) is 3.66. The van der Waals surface area contributed by atoms with Gasteiger partial charge in [-0.25, -0.2) is 4.98 Å². The summed E-state index contributed by atoms with van der Waals surface area (Å²) >= 11 is 2.83. The highest BCUT2D eigenvalue weighted by Gasteiger charge is 2.17. The molecule has 0 unspecified atom stereocenters. The first-order chi connectivity index (χ1) is 15.5. The van der Waals surface area contributed by atoms with Gasteiger partial charge in [-0.3, -0.25) is 19.1 Å². The molecule has 7 nitrogen and oxygen atoms in total. The molecule has 4 rings (SSSR count). The highest BCUT2D eigenvalue weighted by atomic mass is 32.2. The molecule has 1 aromatic carbocycles. The molecule has 3 heterocycles. The van der Waals surface area contributed by atoms with E-state index in [1.54, 1.807) is 4.57 Å². The number of anilines is 1. The Labute approximate surface area is 195 Å². The molecule has 3 aromatic rings. The number of hydrogen-bond acceptors (Lipinski definition) is 7. The number of morpholine rings is 1. The molecule has 1 aliphatic heterocycles. The smallest absolute Gasteiger partial charge is 0.263 e. The van der Waals surface area contributed by atoms with Crippen molar-refractivity contribution in [2.75, 3.05) is 37.4 Å². The van der Waals surface area contributed by atoms with Crippen molar-refractivity contribution in [1.82, 2.24) is 14.5 Å². The Bertz CT molecular complexity index is 1160. The molecule has 0 spiro atoms. The molecule has 170 valence electrons. The second kappa shape index (κ2) is 10.2. The van der Waals surface area contributed by atoms with Gasteiger partial charge in [0.25, 0.3) is 5.56 Å². The van der Waals surface area contributed by atoms with Crippen LogP contribution in [0.15, 0.2) is 34.2 Å². The third-order valence-corrected chi connectivity index (χ3v) is 7.73. The summed E-state index contributed by atoms with van der Waals surface area (Å²) in [7, 11) is 0. The van der Waals surface area contributed by atoms with Crippen LogP contribution in [0.2, 0.25) is 0 Å². The molecule has 1 amide bonds. The molecule has 0 radical (unpaired) electrons. The second-order valence-corrected chi connectivity index (χ2v) is 9.98. The second-order valence-electron chi connectivity index (χ2n) is 7.83. The summed E-state index contributed by atoms with van der Waals surface area (Å²) in [5, 5.41) is 4.22. The molecule has 2 aromatic heterocycles. The Morgan fingerprint density at radius 2 is 1.94 bits per heavy atom. The van der Waals surface area contributed by atoms with Crippen LogP contribution in [0.1, 0.15) is 22.9 Å². The highest BCUT2D eigenvalue weighted by Crippen LogP contribution is 2.28. The Hall–Kier alpha value is -2.20. The fourth-order valence-corrected chi connectivity index (χ4v) is 5.67. The number of ether oxygens (including phenoxy) is 1. The molecule has 0 aliphatic carbocycles. The Morgan fingerprint density at radius 3 is 2.62 bits per heavy atom. The molecule has 9 heteroatoms. The van der Waals surface area contributed by atoms with Gasteiger partial charge in [0, 0.05) is 36.7 Å². The van der Waals surface area contributed by atoms with Crippen molar-refractivity contribution in [3.05, 3.63) is 50.6 Å². The lowest BCUT2D eigenvalue weighted by atomic mass is 10.2. The van der Waals surface area contributed by atoms with Crippen LogP contribution in [0.3, 0.4) is 0 Å². The zero-order valence-electron chi connectivity index (χ0n) is 18.6. The van der Waals surface area contributed by atoms with E-state index in [1.807, 2.05) is 45.0 Å². The molecule has 0 saturated carbocycles. The van der Waals surface area contributed by atoms with Crippen molar-refractivity contribution in [3.8, 4) is 0 Å². The largest absolute Gasteiger partial charge is 0.379 e. The van der Waals surface area contributed by atoms with Crippen LogP contribution in [-0.4, -0.2) is 52.4 Å². The van der Waals surface area contributed by atoms with Crippen molar-refractivity contribution in [3.63, 3.8) is 0 Å². The number of hydrogen-bond donors (Lipinski definition) is 1. The highest BCUT2D eigenvalue weighted by molar-refractivity contribution is 7.99. The van der Waals surface area contributed by atoms with E-state index in [9.17, 15) is 9.59 Å². The third kappa shape index (κ3) is 5.06. The number of rotatable bonds is 7. The van der Waals surface area contributed by atoms with Gasteiger partial charge in [-0.15, -0.1) is 11.3 Å². The number of benzene rings is 1. The maximum atomic E-state index is 12.9. The van der Waals surface area contributed by atoms with Crippen LogP contribution in [0.25, 0.3) is 10.2 Å². The minimum Gasteiger partial charge on any atom is -0.379 e. The Morgan fingerprint density at radius 1 is 1.22 bits per heavy atom. The fourth-order valence-electron chi connectivity index (χ4n) is 3.74. The molecule has 0 bridgehead atoms. The number of fused-ring (bicyclic) bond motifs is 1. The van der Waals surface area contributed by atoms with E-state index in [1.165, 1.54) is 28.7 Å². The number of aromatic nitrogens is 2. The molecule has 32 heavy (non-hydrogen) atoms. The number of carbonyl (C=O) groups is 1. The van der Waals surface area contributed by atoms with Crippen LogP contribution in [-0.2, 0) is 22.6 Å². The molecule has 1 saturated heterocycles. The Balaban J connectivity index is 1.38. The van der Waals surface area contributed by atoms with Gasteiger partial charge in [0.2, 0.25) is 5.91 Å². The summed E-state index contributed by atoms with van der Waals surface area (Å²) in [5.41, 5.74) is 2.95. The molecule has 1 fully saturated rings. The first kappa shape index (κ1) is 23.0. The lowest BCUT2D eigenvalue weighted by molar-refractivity contribution is -0.113. The summed E-state index contributed by atoms with van der Waals surface area (Å²) in [6.07, 6.45) is 0.